The molecule has 2 fully saturated rings. The molecule has 1 amide bonds. The summed E-state index contributed by atoms with van der Waals surface area (Å²) in [6.07, 6.45) is 5.88. The first-order valence-electron chi connectivity index (χ1n) is 7.08. The van der Waals surface area contributed by atoms with Gasteiger partial charge in [0.15, 0.2) is 0 Å². The van der Waals surface area contributed by atoms with Crippen molar-refractivity contribution in [3.05, 3.63) is 0 Å². The molecule has 0 aromatic rings. The highest BCUT2D eigenvalue weighted by Crippen LogP contribution is 2.35. The molecule has 1 saturated heterocycles. The van der Waals surface area contributed by atoms with Crippen molar-refractivity contribution in [3.8, 4) is 0 Å². The molecule has 0 spiro atoms. The van der Waals surface area contributed by atoms with E-state index in [9.17, 15) is 4.79 Å². The van der Waals surface area contributed by atoms with Crippen molar-refractivity contribution < 1.29 is 4.79 Å². The molecule has 17 heavy (non-hydrogen) atoms. The van der Waals surface area contributed by atoms with Crippen molar-refractivity contribution in [2.45, 2.75) is 77.5 Å². The zero-order valence-electron chi connectivity index (χ0n) is 11.6. The van der Waals surface area contributed by atoms with Crippen LogP contribution in [0.2, 0.25) is 0 Å². The van der Waals surface area contributed by atoms with Gasteiger partial charge in [-0.15, -0.1) is 0 Å². The molecule has 0 aromatic carbocycles. The third-order valence-corrected chi connectivity index (χ3v) is 4.40. The van der Waals surface area contributed by atoms with Gasteiger partial charge < -0.3 is 4.90 Å². The van der Waals surface area contributed by atoms with Gasteiger partial charge in [-0.3, -0.25) is 10.1 Å². The van der Waals surface area contributed by atoms with Crippen LogP contribution in [-0.4, -0.2) is 28.6 Å². The van der Waals surface area contributed by atoms with Gasteiger partial charge in [-0.05, 0) is 44.9 Å². The summed E-state index contributed by atoms with van der Waals surface area (Å²) in [5.74, 6) is 0.956. The first kappa shape index (κ1) is 12.9. The predicted molar refractivity (Wildman–Crippen MR) is 69.6 cm³/mol. The zero-order valence-corrected chi connectivity index (χ0v) is 11.6. The standard InChI is InChI=1S/C14H26N2O/c1-5-14(4)13(17)16(11-7-6-8-11)12(15-14)9-10(2)3/h10-12,15H,5-9H2,1-4H3. The Hall–Kier alpha value is -0.570. The lowest BCUT2D eigenvalue weighted by Gasteiger charge is -2.39. The summed E-state index contributed by atoms with van der Waals surface area (Å²) >= 11 is 0. The van der Waals surface area contributed by atoms with Gasteiger partial charge in [0.25, 0.3) is 0 Å². The molecule has 98 valence electrons. The molecule has 1 N–H and O–H groups in total. The van der Waals surface area contributed by atoms with E-state index in [4.69, 9.17) is 0 Å². The minimum Gasteiger partial charge on any atom is -0.323 e. The minimum atomic E-state index is -0.324. The third kappa shape index (κ3) is 2.22. The van der Waals surface area contributed by atoms with Crippen LogP contribution in [0.25, 0.3) is 0 Å². The molecule has 0 bridgehead atoms. The van der Waals surface area contributed by atoms with Crippen LogP contribution in [0.3, 0.4) is 0 Å². The highest BCUT2D eigenvalue weighted by molar-refractivity contribution is 5.88. The predicted octanol–water partition coefficient (Wildman–Crippen LogP) is 2.51. The van der Waals surface area contributed by atoms with E-state index in [1.54, 1.807) is 0 Å². The second kappa shape index (κ2) is 4.60. The highest BCUT2D eigenvalue weighted by Gasteiger charge is 2.49. The normalized spacial score (nSPS) is 34.5. The van der Waals surface area contributed by atoms with Crippen molar-refractivity contribution in [1.29, 1.82) is 0 Å². The second-order valence-corrected chi connectivity index (χ2v) is 6.27. The van der Waals surface area contributed by atoms with Crippen LogP contribution in [0.4, 0.5) is 0 Å². The van der Waals surface area contributed by atoms with E-state index in [-0.39, 0.29) is 11.7 Å². The van der Waals surface area contributed by atoms with Gasteiger partial charge in [0.05, 0.1) is 11.7 Å². The van der Waals surface area contributed by atoms with Crippen molar-refractivity contribution in [2.75, 3.05) is 0 Å². The number of carbonyl (C=O) groups is 1. The Labute approximate surface area is 105 Å². The Morgan fingerprint density at radius 1 is 1.47 bits per heavy atom. The molecule has 1 heterocycles. The van der Waals surface area contributed by atoms with Crippen molar-refractivity contribution in [2.24, 2.45) is 5.92 Å². The molecule has 2 rings (SSSR count). The Morgan fingerprint density at radius 3 is 2.53 bits per heavy atom. The van der Waals surface area contributed by atoms with Crippen LogP contribution in [-0.2, 0) is 4.79 Å². The lowest BCUT2D eigenvalue weighted by atomic mass is 9.89. The molecule has 1 saturated carbocycles. The largest absolute Gasteiger partial charge is 0.323 e. The SMILES string of the molecule is CCC1(C)NC(CC(C)C)N(C2CCC2)C1=O. The van der Waals surface area contributed by atoms with Crippen LogP contribution in [0, 0.1) is 5.92 Å². The van der Waals surface area contributed by atoms with E-state index >= 15 is 0 Å². The lowest BCUT2D eigenvalue weighted by Crippen LogP contribution is -2.48. The first-order chi connectivity index (χ1) is 7.98. The van der Waals surface area contributed by atoms with Gasteiger partial charge in [-0.2, -0.15) is 0 Å². The molecule has 1 aliphatic carbocycles. The molecular weight excluding hydrogens is 212 g/mol. The molecule has 2 aliphatic rings. The van der Waals surface area contributed by atoms with Crippen molar-refractivity contribution in [3.63, 3.8) is 0 Å². The molecule has 0 aromatic heterocycles. The Morgan fingerprint density at radius 2 is 2.12 bits per heavy atom. The van der Waals surface area contributed by atoms with Crippen LogP contribution < -0.4 is 5.32 Å². The van der Waals surface area contributed by atoms with E-state index in [1.807, 2.05) is 0 Å². The number of amides is 1. The maximum absolute atomic E-state index is 12.5. The van der Waals surface area contributed by atoms with E-state index in [2.05, 4.69) is 37.9 Å². The molecule has 3 heteroatoms. The maximum atomic E-state index is 12.5. The molecule has 2 unspecified atom stereocenters. The van der Waals surface area contributed by atoms with Crippen LogP contribution >= 0.6 is 0 Å². The van der Waals surface area contributed by atoms with Gasteiger partial charge in [0.1, 0.15) is 0 Å². The van der Waals surface area contributed by atoms with Gasteiger partial charge in [-0.1, -0.05) is 20.8 Å². The number of nitrogens with zero attached hydrogens (tertiary/aromatic N) is 1. The summed E-state index contributed by atoms with van der Waals surface area (Å²) in [6, 6.07) is 0.507. The monoisotopic (exact) mass is 238 g/mol. The van der Waals surface area contributed by atoms with E-state index in [0.29, 0.717) is 17.9 Å². The van der Waals surface area contributed by atoms with Crippen molar-refractivity contribution >= 4 is 5.91 Å². The quantitative estimate of drug-likeness (QED) is 0.816. The number of hydrogen-bond acceptors (Lipinski definition) is 2. The van der Waals surface area contributed by atoms with Crippen molar-refractivity contribution in [1.82, 2.24) is 10.2 Å². The third-order valence-electron chi connectivity index (χ3n) is 4.40. The summed E-state index contributed by atoms with van der Waals surface area (Å²) in [4.78, 5) is 14.7. The first-order valence-corrected chi connectivity index (χ1v) is 7.08. The lowest BCUT2D eigenvalue weighted by molar-refractivity contribution is -0.136. The zero-order chi connectivity index (χ0) is 12.6. The van der Waals surface area contributed by atoms with E-state index in [0.717, 1.165) is 12.8 Å². The van der Waals surface area contributed by atoms with Crippen LogP contribution in [0.5, 0.6) is 0 Å². The average Bonchev–Trinajstić information content (AvgIpc) is 2.41. The maximum Gasteiger partial charge on any atom is 0.244 e. The second-order valence-electron chi connectivity index (χ2n) is 6.27. The summed E-state index contributed by atoms with van der Waals surface area (Å²) in [7, 11) is 0. The number of nitrogens with one attached hydrogen (secondary N) is 1. The average molecular weight is 238 g/mol. The van der Waals surface area contributed by atoms with Gasteiger partial charge >= 0.3 is 0 Å². The minimum absolute atomic E-state index is 0.262. The number of carbonyl (C=O) groups excluding carboxylic acids is 1. The molecule has 3 nitrogen and oxygen atoms in total. The van der Waals surface area contributed by atoms with E-state index in [1.165, 1.54) is 19.3 Å². The number of hydrogen-bond donors (Lipinski definition) is 1. The summed E-state index contributed by atoms with van der Waals surface area (Å²) in [6.45, 7) is 8.61. The van der Waals surface area contributed by atoms with Gasteiger partial charge in [-0.25, -0.2) is 0 Å². The van der Waals surface area contributed by atoms with Gasteiger partial charge in [0.2, 0.25) is 5.91 Å². The Balaban J connectivity index is 2.15. The Kier molecular flexibility index (Phi) is 3.48. The molecule has 1 aliphatic heterocycles. The summed E-state index contributed by atoms with van der Waals surface area (Å²) in [5.41, 5.74) is -0.324. The van der Waals surface area contributed by atoms with Crippen LogP contribution in [0.15, 0.2) is 0 Å². The highest BCUT2D eigenvalue weighted by atomic mass is 16.2. The number of rotatable bonds is 4. The fourth-order valence-electron chi connectivity index (χ4n) is 2.88. The van der Waals surface area contributed by atoms with Gasteiger partial charge in [0, 0.05) is 6.04 Å². The smallest absolute Gasteiger partial charge is 0.244 e. The van der Waals surface area contributed by atoms with E-state index < -0.39 is 0 Å². The molecule has 0 radical (unpaired) electrons. The molecular formula is C14H26N2O. The topological polar surface area (TPSA) is 32.3 Å². The fraction of sp³-hybridized carbons (Fsp3) is 0.929. The molecule has 2 atom stereocenters. The Bertz CT molecular complexity index is 299. The summed E-state index contributed by atoms with van der Waals surface area (Å²) < 4.78 is 0. The fourth-order valence-corrected chi connectivity index (χ4v) is 2.88. The summed E-state index contributed by atoms with van der Waals surface area (Å²) in [5, 5.41) is 3.57. The van der Waals surface area contributed by atoms with Crippen LogP contribution in [0.1, 0.15) is 59.8 Å².